The quantitative estimate of drug-likeness (QED) is 0.762. The lowest BCUT2D eigenvalue weighted by Crippen LogP contribution is -2.12. The van der Waals surface area contributed by atoms with E-state index in [0.717, 1.165) is 17.9 Å². The van der Waals surface area contributed by atoms with E-state index in [0.29, 0.717) is 0 Å². The number of aromatic amines is 1. The fourth-order valence-electron chi connectivity index (χ4n) is 2.41. The van der Waals surface area contributed by atoms with Crippen molar-refractivity contribution in [3.05, 3.63) is 54.5 Å². The van der Waals surface area contributed by atoms with Gasteiger partial charge < -0.3 is 15.2 Å². The van der Waals surface area contributed by atoms with E-state index in [4.69, 9.17) is 0 Å². The molecular weight excluding hydrogens is 248 g/mol. The Morgan fingerprint density at radius 2 is 2.10 bits per heavy atom. The van der Waals surface area contributed by atoms with Gasteiger partial charge in [-0.05, 0) is 23.8 Å². The van der Waals surface area contributed by atoms with Crippen molar-refractivity contribution in [3.8, 4) is 0 Å². The van der Waals surface area contributed by atoms with Gasteiger partial charge in [-0.1, -0.05) is 12.1 Å². The molecule has 0 fully saturated rings. The van der Waals surface area contributed by atoms with Crippen LogP contribution in [0.25, 0.3) is 10.9 Å². The molecule has 1 aromatic carbocycles. The Balaban J connectivity index is 1.85. The highest BCUT2D eigenvalue weighted by atomic mass is 15.1. The first-order valence-corrected chi connectivity index (χ1v) is 6.66. The van der Waals surface area contributed by atoms with Gasteiger partial charge in [0.1, 0.15) is 0 Å². The maximum absolute atomic E-state index is 4.20. The molecule has 2 N–H and O–H groups in total. The minimum atomic E-state index is 0.779. The molecule has 0 aliphatic heterocycles. The third-order valence-electron chi connectivity index (χ3n) is 3.43. The predicted molar refractivity (Wildman–Crippen MR) is 84.2 cm³/mol. The van der Waals surface area contributed by atoms with Crippen LogP contribution in [0.1, 0.15) is 5.56 Å². The molecular formula is C16H18N4. The Morgan fingerprint density at radius 1 is 1.20 bits per heavy atom. The fraction of sp³-hybridized carbons (Fsp3) is 0.188. The highest BCUT2D eigenvalue weighted by Crippen LogP contribution is 2.24. The molecule has 0 saturated carbocycles. The van der Waals surface area contributed by atoms with Gasteiger partial charge in [0.05, 0.1) is 17.6 Å². The Hall–Kier alpha value is -2.49. The van der Waals surface area contributed by atoms with Crippen LogP contribution in [0.15, 0.2) is 48.9 Å². The van der Waals surface area contributed by atoms with Crippen molar-refractivity contribution in [1.29, 1.82) is 0 Å². The zero-order valence-electron chi connectivity index (χ0n) is 11.7. The summed E-state index contributed by atoms with van der Waals surface area (Å²) < 4.78 is 0. The van der Waals surface area contributed by atoms with E-state index in [-0.39, 0.29) is 0 Å². The van der Waals surface area contributed by atoms with Gasteiger partial charge in [-0.2, -0.15) is 0 Å². The van der Waals surface area contributed by atoms with Gasteiger partial charge in [0.2, 0.25) is 0 Å². The second kappa shape index (κ2) is 5.25. The molecule has 102 valence electrons. The fourth-order valence-corrected chi connectivity index (χ4v) is 2.41. The molecule has 0 saturated heterocycles. The summed E-state index contributed by atoms with van der Waals surface area (Å²) in [7, 11) is 4.07. The predicted octanol–water partition coefficient (Wildman–Crippen LogP) is 3.24. The van der Waals surface area contributed by atoms with E-state index in [1.54, 1.807) is 0 Å². The molecule has 0 bridgehead atoms. The van der Waals surface area contributed by atoms with Crippen molar-refractivity contribution in [2.45, 2.75) is 6.54 Å². The molecule has 0 amide bonds. The van der Waals surface area contributed by atoms with Gasteiger partial charge in [-0.25, -0.2) is 0 Å². The molecule has 0 aliphatic rings. The normalized spacial score (nSPS) is 10.7. The molecule has 3 rings (SSSR count). The molecule has 2 heterocycles. The van der Waals surface area contributed by atoms with Crippen LogP contribution in [0.5, 0.6) is 0 Å². The van der Waals surface area contributed by atoms with Crippen LogP contribution in [0.2, 0.25) is 0 Å². The maximum atomic E-state index is 4.20. The maximum Gasteiger partial charge on any atom is 0.0766 e. The van der Waals surface area contributed by atoms with Crippen LogP contribution in [-0.2, 0) is 6.54 Å². The first-order chi connectivity index (χ1) is 9.75. The molecule has 2 aromatic heterocycles. The van der Waals surface area contributed by atoms with Crippen molar-refractivity contribution in [2.75, 3.05) is 24.3 Å². The second-order valence-electron chi connectivity index (χ2n) is 5.00. The number of hydrogen-bond acceptors (Lipinski definition) is 3. The lowest BCUT2D eigenvalue weighted by molar-refractivity contribution is 1.09. The number of H-pyrrole nitrogens is 1. The number of aromatic nitrogens is 2. The van der Waals surface area contributed by atoms with Gasteiger partial charge in [-0.15, -0.1) is 0 Å². The van der Waals surface area contributed by atoms with Crippen LogP contribution >= 0.6 is 0 Å². The topological polar surface area (TPSA) is 44.0 Å². The Bertz CT molecular complexity index is 715. The zero-order chi connectivity index (χ0) is 13.9. The molecule has 0 aliphatic carbocycles. The summed E-state index contributed by atoms with van der Waals surface area (Å²) in [4.78, 5) is 9.52. The molecule has 4 heteroatoms. The average molecular weight is 266 g/mol. The minimum absolute atomic E-state index is 0.779. The largest absolute Gasteiger partial charge is 0.378 e. The van der Waals surface area contributed by atoms with Crippen molar-refractivity contribution in [2.24, 2.45) is 0 Å². The van der Waals surface area contributed by atoms with E-state index in [2.05, 4.69) is 44.5 Å². The zero-order valence-corrected chi connectivity index (χ0v) is 11.7. The van der Waals surface area contributed by atoms with E-state index >= 15 is 0 Å². The third-order valence-corrected chi connectivity index (χ3v) is 3.43. The smallest absolute Gasteiger partial charge is 0.0766 e. The number of nitrogens with zero attached hydrogens (tertiary/aromatic N) is 2. The summed E-state index contributed by atoms with van der Waals surface area (Å²) in [6, 6.07) is 10.4. The molecule has 0 unspecified atom stereocenters. The van der Waals surface area contributed by atoms with Gasteiger partial charge >= 0.3 is 0 Å². The molecule has 0 atom stereocenters. The standard InChI is InChI=1S/C16H18N4/c1-20(2)16-7-8-17-11-15(16)19-10-12-4-3-5-14-13(12)6-9-18-14/h3-9,11,18-19H,10H2,1-2H3. The minimum Gasteiger partial charge on any atom is -0.378 e. The van der Waals surface area contributed by atoms with Crippen molar-refractivity contribution < 1.29 is 0 Å². The van der Waals surface area contributed by atoms with Crippen molar-refractivity contribution in [1.82, 2.24) is 9.97 Å². The Labute approximate surface area is 118 Å². The van der Waals surface area contributed by atoms with Crippen LogP contribution in [0.3, 0.4) is 0 Å². The summed E-state index contributed by atoms with van der Waals surface area (Å²) in [5.74, 6) is 0. The second-order valence-corrected chi connectivity index (χ2v) is 5.00. The summed E-state index contributed by atoms with van der Waals surface area (Å²) in [6.07, 6.45) is 5.66. The summed E-state index contributed by atoms with van der Waals surface area (Å²) in [5, 5.41) is 4.73. The van der Waals surface area contributed by atoms with Crippen molar-refractivity contribution in [3.63, 3.8) is 0 Å². The molecule has 3 aromatic rings. The molecule has 0 spiro atoms. The van der Waals surface area contributed by atoms with Gasteiger partial charge in [-0.3, -0.25) is 4.98 Å². The van der Waals surface area contributed by atoms with E-state index in [1.807, 2.05) is 38.8 Å². The summed E-state index contributed by atoms with van der Waals surface area (Å²) in [5.41, 5.74) is 4.63. The molecule has 4 nitrogen and oxygen atoms in total. The lowest BCUT2D eigenvalue weighted by atomic mass is 10.1. The SMILES string of the molecule is CN(C)c1ccncc1NCc1cccc2[nH]ccc12. The first-order valence-electron chi connectivity index (χ1n) is 6.66. The van der Waals surface area contributed by atoms with E-state index in [9.17, 15) is 0 Å². The Kier molecular flexibility index (Phi) is 3.29. The number of anilines is 2. The van der Waals surface area contributed by atoms with Crippen LogP contribution in [-0.4, -0.2) is 24.1 Å². The Morgan fingerprint density at radius 3 is 2.95 bits per heavy atom. The number of pyridine rings is 1. The van der Waals surface area contributed by atoms with Crippen molar-refractivity contribution >= 4 is 22.3 Å². The number of fused-ring (bicyclic) bond motifs is 1. The number of benzene rings is 1. The van der Waals surface area contributed by atoms with Gasteiger partial charge in [0, 0.05) is 43.9 Å². The number of hydrogen-bond donors (Lipinski definition) is 2. The highest BCUT2D eigenvalue weighted by Gasteiger charge is 2.05. The van der Waals surface area contributed by atoms with Crippen LogP contribution in [0.4, 0.5) is 11.4 Å². The average Bonchev–Trinajstić information content (AvgIpc) is 2.94. The monoisotopic (exact) mass is 266 g/mol. The number of rotatable bonds is 4. The molecule has 20 heavy (non-hydrogen) atoms. The van der Waals surface area contributed by atoms with E-state index < -0.39 is 0 Å². The van der Waals surface area contributed by atoms with Crippen LogP contribution < -0.4 is 10.2 Å². The van der Waals surface area contributed by atoms with E-state index in [1.165, 1.54) is 16.5 Å². The number of nitrogens with one attached hydrogen (secondary N) is 2. The first kappa shape index (κ1) is 12.5. The van der Waals surface area contributed by atoms with Crippen LogP contribution in [0, 0.1) is 0 Å². The molecule has 0 radical (unpaired) electrons. The highest BCUT2D eigenvalue weighted by molar-refractivity contribution is 5.83. The summed E-state index contributed by atoms with van der Waals surface area (Å²) >= 11 is 0. The third kappa shape index (κ3) is 2.32. The summed E-state index contributed by atoms with van der Waals surface area (Å²) in [6.45, 7) is 0.779. The van der Waals surface area contributed by atoms with Gasteiger partial charge in [0.15, 0.2) is 0 Å². The van der Waals surface area contributed by atoms with Gasteiger partial charge in [0.25, 0.3) is 0 Å². The lowest BCUT2D eigenvalue weighted by Gasteiger charge is -2.18.